The zero-order valence-corrected chi connectivity index (χ0v) is 19.4. The van der Waals surface area contributed by atoms with E-state index in [-0.39, 0.29) is 23.7 Å². The second-order valence-corrected chi connectivity index (χ2v) is 9.34. The number of aromatic nitrogens is 3. The fraction of sp³-hybridized carbons (Fsp3) is 0.417. The molecule has 1 aliphatic heterocycles. The summed E-state index contributed by atoms with van der Waals surface area (Å²) in [5.74, 6) is -0.146. The van der Waals surface area contributed by atoms with Gasteiger partial charge in [-0.1, -0.05) is 26.0 Å². The van der Waals surface area contributed by atoms with Crippen LogP contribution < -0.4 is 4.74 Å². The first-order chi connectivity index (χ1) is 15.5. The van der Waals surface area contributed by atoms with Crippen LogP contribution in [-0.2, 0) is 6.42 Å². The molecule has 4 rings (SSSR count). The Bertz CT molecular complexity index is 1070. The van der Waals surface area contributed by atoms with Crippen LogP contribution in [0.4, 0.5) is 4.39 Å². The Kier molecular flexibility index (Phi) is 6.79. The Labute approximate surface area is 191 Å². The van der Waals surface area contributed by atoms with Crippen LogP contribution in [0.2, 0.25) is 0 Å². The van der Waals surface area contributed by atoms with Crippen molar-refractivity contribution < 1.29 is 13.9 Å². The number of hydrogen-bond donors (Lipinski definition) is 0. The van der Waals surface area contributed by atoms with Gasteiger partial charge >= 0.3 is 6.01 Å². The standard InChI is InChI=1S/C24H27FN4O2S/c1-4-17-12-26-24(27-13-17)31-14-20-15(2)6-5-11-29(20)23(30)21-22(32-16(3)28-21)18-7-9-19(25)10-8-18/h7-10,12-13,15,20H,4-6,11,14H2,1-3H3. The largest absolute Gasteiger partial charge is 0.461 e. The Hall–Kier alpha value is -2.87. The molecule has 0 spiro atoms. The highest BCUT2D eigenvalue weighted by Gasteiger charge is 2.35. The molecular formula is C24H27FN4O2S. The molecule has 2 unspecified atom stereocenters. The molecule has 1 amide bonds. The van der Waals surface area contributed by atoms with Crippen molar-refractivity contribution in [3.63, 3.8) is 0 Å². The van der Waals surface area contributed by atoms with E-state index in [9.17, 15) is 9.18 Å². The predicted molar refractivity (Wildman–Crippen MR) is 122 cm³/mol. The number of piperidine rings is 1. The molecule has 1 saturated heterocycles. The predicted octanol–water partition coefficient (Wildman–Crippen LogP) is 4.93. The van der Waals surface area contributed by atoms with Crippen molar-refractivity contribution in [3.8, 4) is 16.5 Å². The Morgan fingerprint density at radius 2 is 1.97 bits per heavy atom. The summed E-state index contributed by atoms with van der Waals surface area (Å²) >= 11 is 1.45. The van der Waals surface area contributed by atoms with Gasteiger partial charge in [-0.3, -0.25) is 4.79 Å². The van der Waals surface area contributed by atoms with Crippen molar-refractivity contribution in [3.05, 3.63) is 58.7 Å². The van der Waals surface area contributed by atoms with Crippen LogP contribution in [0.1, 0.15) is 47.7 Å². The lowest BCUT2D eigenvalue weighted by molar-refractivity contribution is 0.0377. The number of nitrogens with zero attached hydrogens (tertiary/aromatic N) is 4. The number of hydrogen-bond acceptors (Lipinski definition) is 6. The Morgan fingerprint density at radius 1 is 1.25 bits per heavy atom. The quantitative estimate of drug-likeness (QED) is 0.528. The molecule has 0 N–H and O–H groups in total. The molecule has 3 heterocycles. The lowest BCUT2D eigenvalue weighted by Gasteiger charge is -2.39. The number of carbonyl (C=O) groups is 1. The van der Waals surface area contributed by atoms with E-state index in [1.807, 2.05) is 18.7 Å². The molecule has 0 saturated carbocycles. The summed E-state index contributed by atoms with van der Waals surface area (Å²) in [5, 5.41) is 0.801. The third-order valence-corrected chi connectivity index (χ3v) is 6.91. The van der Waals surface area contributed by atoms with Gasteiger partial charge in [0.2, 0.25) is 0 Å². The van der Waals surface area contributed by atoms with Crippen molar-refractivity contribution in [2.24, 2.45) is 5.92 Å². The van der Waals surface area contributed by atoms with E-state index < -0.39 is 0 Å². The molecular weight excluding hydrogens is 427 g/mol. The smallest absolute Gasteiger partial charge is 0.316 e. The topological polar surface area (TPSA) is 68.2 Å². The summed E-state index contributed by atoms with van der Waals surface area (Å²) in [7, 11) is 0. The first-order valence-electron chi connectivity index (χ1n) is 10.9. The second-order valence-electron chi connectivity index (χ2n) is 8.14. The van der Waals surface area contributed by atoms with Gasteiger partial charge in [-0.15, -0.1) is 11.3 Å². The highest BCUT2D eigenvalue weighted by molar-refractivity contribution is 7.15. The molecule has 2 atom stereocenters. The van der Waals surface area contributed by atoms with E-state index in [4.69, 9.17) is 4.74 Å². The molecule has 1 aromatic carbocycles. The summed E-state index contributed by atoms with van der Waals surface area (Å²) in [6.45, 7) is 7.04. The van der Waals surface area contributed by atoms with Gasteiger partial charge in [0.05, 0.1) is 15.9 Å². The van der Waals surface area contributed by atoms with Crippen LogP contribution in [-0.4, -0.2) is 45.0 Å². The van der Waals surface area contributed by atoms with Crippen LogP contribution in [0.25, 0.3) is 10.4 Å². The molecule has 0 bridgehead atoms. The van der Waals surface area contributed by atoms with E-state index in [1.54, 1.807) is 24.5 Å². The maximum atomic E-state index is 13.6. The van der Waals surface area contributed by atoms with E-state index in [1.165, 1.54) is 23.5 Å². The van der Waals surface area contributed by atoms with E-state index in [0.717, 1.165) is 40.3 Å². The number of amides is 1. The number of halogens is 1. The van der Waals surface area contributed by atoms with Crippen molar-refractivity contribution in [2.75, 3.05) is 13.2 Å². The van der Waals surface area contributed by atoms with Crippen LogP contribution in [0.5, 0.6) is 6.01 Å². The van der Waals surface area contributed by atoms with E-state index in [0.29, 0.717) is 24.9 Å². The summed E-state index contributed by atoms with van der Waals surface area (Å²) in [6, 6.07) is 6.41. The normalized spacial score (nSPS) is 18.6. The number of rotatable bonds is 6. The summed E-state index contributed by atoms with van der Waals surface area (Å²) in [5.41, 5.74) is 2.26. The minimum Gasteiger partial charge on any atom is -0.461 e. The van der Waals surface area contributed by atoms with Gasteiger partial charge in [-0.25, -0.2) is 19.3 Å². The number of likely N-dealkylation sites (tertiary alicyclic amines) is 1. The average molecular weight is 455 g/mol. The fourth-order valence-electron chi connectivity index (χ4n) is 4.02. The minimum atomic E-state index is -0.306. The number of thiazole rings is 1. The molecule has 6 nitrogen and oxygen atoms in total. The van der Waals surface area contributed by atoms with Gasteiger partial charge < -0.3 is 9.64 Å². The van der Waals surface area contributed by atoms with Crippen molar-refractivity contribution in [2.45, 2.75) is 46.1 Å². The van der Waals surface area contributed by atoms with Crippen molar-refractivity contribution in [1.29, 1.82) is 0 Å². The van der Waals surface area contributed by atoms with Crippen LogP contribution in [0.3, 0.4) is 0 Å². The van der Waals surface area contributed by atoms with Crippen molar-refractivity contribution >= 4 is 17.2 Å². The maximum Gasteiger partial charge on any atom is 0.316 e. The molecule has 1 aliphatic rings. The molecule has 1 fully saturated rings. The summed E-state index contributed by atoms with van der Waals surface area (Å²) in [6.07, 6.45) is 6.35. The fourth-order valence-corrected chi connectivity index (χ4v) is 4.94. The molecule has 3 aromatic rings. The molecule has 8 heteroatoms. The Morgan fingerprint density at radius 3 is 2.66 bits per heavy atom. The van der Waals surface area contributed by atoms with Crippen LogP contribution >= 0.6 is 11.3 Å². The van der Waals surface area contributed by atoms with E-state index >= 15 is 0 Å². The first kappa shape index (κ1) is 22.3. The van der Waals surface area contributed by atoms with Gasteiger partial charge in [-0.05, 0) is 55.4 Å². The first-order valence-corrected chi connectivity index (χ1v) is 11.8. The van der Waals surface area contributed by atoms with Gasteiger partial charge in [0, 0.05) is 18.9 Å². The van der Waals surface area contributed by atoms with E-state index in [2.05, 4.69) is 21.9 Å². The van der Waals surface area contributed by atoms with Crippen molar-refractivity contribution in [1.82, 2.24) is 19.9 Å². The number of carbonyl (C=O) groups excluding carboxylic acids is 1. The molecule has 0 aliphatic carbocycles. The number of ether oxygens (including phenoxy) is 1. The number of aryl methyl sites for hydroxylation is 2. The summed E-state index contributed by atoms with van der Waals surface area (Å²) < 4.78 is 19.3. The monoisotopic (exact) mass is 454 g/mol. The Balaban J connectivity index is 1.56. The van der Waals surface area contributed by atoms with Gasteiger partial charge in [0.25, 0.3) is 5.91 Å². The average Bonchev–Trinajstić information content (AvgIpc) is 3.20. The van der Waals surface area contributed by atoms with Gasteiger partial charge in [0.15, 0.2) is 0 Å². The van der Waals surface area contributed by atoms with Gasteiger partial charge in [-0.2, -0.15) is 0 Å². The zero-order valence-electron chi connectivity index (χ0n) is 18.5. The van der Waals surface area contributed by atoms with Crippen LogP contribution in [0.15, 0.2) is 36.7 Å². The molecule has 2 aromatic heterocycles. The number of benzene rings is 1. The minimum absolute atomic E-state index is 0.103. The SMILES string of the molecule is CCc1cnc(OCC2C(C)CCCN2C(=O)c2nc(C)sc2-c2ccc(F)cc2)nc1. The second kappa shape index (κ2) is 9.73. The summed E-state index contributed by atoms with van der Waals surface area (Å²) in [4.78, 5) is 29.4. The highest BCUT2D eigenvalue weighted by Crippen LogP contribution is 2.33. The third-order valence-electron chi connectivity index (χ3n) is 5.89. The lowest BCUT2D eigenvalue weighted by Crippen LogP contribution is -2.50. The lowest BCUT2D eigenvalue weighted by atomic mass is 9.91. The molecule has 0 radical (unpaired) electrons. The van der Waals surface area contributed by atoms with Gasteiger partial charge in [0.1, 0.15) is 18.1 Å². The maximum absolute atomic E-state index is 13.6. The third kappa shape index (κ3) is 4.80. The zero-order chi connectivity index (χ0) is 22.7. The molecule has 32 heavy (non-hydrogen) atoms. The van der Waals surface area contributed by atoms with Crippen LogP contribution in [0, 0.1) is 18.7 Å². The molecule has 168 valence electrons. The highest BCUT2D eigenvalue weighted by atomic mass is 32.1.